The average Bonchev–Trinajstić information content (AvgIpc) is 3.21. The van der Waals surface area contributed by atoms with Gasteiger partial charge >= 0.3 is 5.97 Å². The maximum atomic E-state index is 12.1. The number of carbonyl (C=O) groups is 1. The van der Waals surface area contributed by atoms with Crippen LogP contribution in [0.5, 0.6) is 11.5 Å². The fraction of sp³-hybridized carbons (Fsp3) is 0.138. The molecule has 170 valence electrons. The Hall–Kier alpha value is -4.25. The van der Waals surface area contributed by atoms with E-state index in [1.807, 2.05) is 54.6 Å². The number of fused-ring (bicyclic) bond motifs is 2. The van der Waals surface area contributed by atoms with Crippen molar-refractivity contribution in [1.82, 2.24) is 4.98 Å². The Kier molecular flexibility index (Phi) is 5.68. The average molecular weight is 452 g/mol. The lowest BCUT2D eigenvalue weighted by atomic mass is 9.97. The zero-order valence-corrected chi connectivity index (χ0v) is 18.8. The number of hydrogen-bond acceptors (Lipinski definition) is 3. The van der Waals surface area contributed by atoms with Crippen molar-refractivity contribution in [3.05, 3.63) is 95.7 Å². The van der Waals surface area contributed by atoms with E-state index in [1.54, 1.807) is 12.1 Å². The molecule has 0 bridgehead atoms. The van der Waals surface area contributed by atoms with Crippen LogP contribution in [-0.2, 0) is 6.42 Å². The minimum Gasteiger partial charge on any atom is -0.508 e. The fourth-order valence-corrected chi connectivity index (χ4v) is 4.61. The van der Waals surface area contributed by atoms with Crippen molar-refractivity contribution >= 4 is 27.6 Å². The molecule has 0 spiro atoms. The van der Waals surface area contributed by atoms with Gasteiger partial charge in [-0.05, 0) is 66.1 Å². The molecule has 1 aromatic heterocycles. The number of rotatable bonds is 7. The number of carboxylic acids is 1. The van der Waals surface area contributed by atoms with Crippen molar-refractivity contribution in [3.63, 3.8) is 0 Å². The highest BCUT2D eigenvalue weighted by Gasteiger charge is 2.19. The molecule has 5 aromatic rings. The van der Waals surface area contributed by atoms with Crippen LogP contribution in [0.3, 0.4) is 0 Å². The number of carboxylic acid groups (broad SMARTS) is 1. The normalized spacial score (nSPS) is 11.2. The van der Waals surface area contributed by atoms with Gasteiger partial charge in [0.2, 0.25) is 0 Å². The molecule has 34 heavy (non-hydrogen) atoms. The molecule has 0 aliphatic heterocycles. The summed E-state index contributed by atoms with van der Waals surface area (Å²) < 4.78 is 6.04. The molecule has 4 aromatic carbocycles. The number of aromatic hydroxyl groups is 1. The molecule has 3 N–H and O–H groups in total. The van der Waals surface area contributed by atoms with E-state index in [0.717, 1.165) is 49.7 Å². The molecule has 0 unspecified atom stereocenters. The van der Waals surface area contributed by atoms with Gasteiger partial charge in [0, 0.05) is 16.3 Å². The summed E-state index contributed by atoms with van der Waals surface area (Å²) in [5, 5.41) is 22.4. The number of benzene rings is 4. The van der Waals surface area contributed by atoms with Gasteiger partial charge in [-0.15, -0.1) is 0 Å². The van der Waals surface area contributed by atoms with Crippen molar-refractivity contribution in [2.24, 2.45) is 0 Å². The minimum atomic E-state index is -0.961. The molecule has 0 amide bonds. The third-order valence-electron chi connectivity index (χ3n) is 6.24. The van der Waals surface area contributed by atoms with Crippen molar-refractivity contribution in [3.8, 4) is 22.6 Å². The molecule has 0 aliphatic rings. The molecule has 0 radical (unpaired) electrons. The summed E-state index contributed by atoms with van der Waals surface area (Å²) >= 11 is 0. The van der Waals surface area contributed by atoms with Crippen LogP contribution < -0.4 is 4.74 Å². The molecule has 0 atom stereocenters. The smallest absolute Gasteiger partial charge is 0.352 e. The predicted octanol–water partition coefficient (Wildman–Crippen LogP) is 6.71. The molecule has 5 nitrogen and oxygen atoms in total. The first-order valence-corrected chi connectivity index (χ1v) is 11.3. The topological polar surface area (TPSA) is 82.6 Å². The Morgan fingerprint density at radius 3 is 2.53 bits per heavy atom. The molecule has 5 heteroatoms. The maximum Gasteiger partial charge on any atom is 0.352 e. The molecule has 0 aliphatic carbocycles. The maximum absolute atomic E-state index is 12.1. The van der Waals surface area contributed by atoms with E-state index in [-0.39, 0.29) is 11.4 Å². The molecular formula is C29H25NO4. The van der Waals surface area contributed by atoms with Gasteiger partial charge in [-0.3, -0.25) is 0 Å². The molecule has 0 saturated heterocycles. The van der Waals surface area contributed by atoms with Crippen LogP contribution in [0.4, 0.5) is 0 Å². The molecule has 0 saturated carbocycles. The number of phenolic OH excluding ortho intramolecular Hbond substituents is 1. The SMILES string of the molecule is Cc1ccccc1-c1cccc2c(CCCOc3cccc4cc(O)ccc34)c(C(=O)O)[nH]c12. The van der Waals surface area contributed by atoms with Gasteiger partial charge in [-0.25, -0.2) is 4.79 Å². The highest BCUT2D eigenvalue weighted by Crippen LogP contribution is 2.34. The Labute approximate surface area is 197 Å². The van der Waals surface area contributed by atoms with E-state index in [0.29, 0.717) is 19.4 Å². The quantitative estimate of drug-likeness (QED) is 0.240. The first-order chi connectivity index (χ1) is 16.5. The van der Waals surface area contributed by atoms with Gasteiger partial charge in [0.1, 0.15) is 17.2 Å². The second-order valence-electron chi connectivity index (χ2n) is 8.44. The number of H-pyrrole nitrogens is 1. The number of hydrogen-bond donors (Lipinski definition) is 3. The summed E-state index contributed by atoms with van der Waals surface area (Å²) in [7, 11) is 0. The van der Waals surface area contributed by atoms with Gasteiger partial charge in [0.05, 0.1) is 12.1 Å². The van der Waals surface area contributed by atoms with E-state index < -0.39 is 5.97 Å². The van der Waals surface area contributed by atoms with Crippen molar-refractivity contribution in [2.45, 2.75) is 19.8 Å². The van der Waals surface area contributed by atoms with Crippen LogP contribution in [0, 0.1) is 6.92 Å². The highest BCUT2D eigenvalue weighted by molar-refractivity contribution is 6.03. The lowest BCUT2D eigenvalue weighted by Gasteiger charge is -2.10. The predicted molar refractivity (Wildman–Crippen MR) is 135 cm³/mol. The van der Waals surface area contributed by atoms with Crippen molar-refractivity contribution in [2.75, 3.05) is 6.61 Å². The summed E-state index contributed by atoms with van der Waals surface area (Å²) in [5.41, 5.74) is 5.10. The van der Waals surface area contributed by atoms with E-state index in [2.05, 4.69) is 24.0 Å². The number of aryl methyl sites for hydroxylation is 2. The second-order valence-corrected chi connectivity index (χ2v) is 8.44. The van der Waals surface area contributed by atoms with Gasteiger partial charge in [-0.2, -0.15) is 0 Å². The first-order valence-electron chi connectivity index (χ1n) is 11.3. The number of phenols is 1. The van der Waals surface area contributed by atoms with Crippen LogP contribution in [0.1, 0.15) is 28.0 Å². The zero-order chi connectivity index (χ0) is 23.7. The van der Waals surface area contributed by atoms with Gasteiger partial charge < -0.3 is 19.9 Å². The number of aromatic carboxylic acids is 1. The van der Waals surface area contributed by atoms with Crippen LogP contribution in [0.15, 0.2) is 78.9 Å². The highest BCUT2D eigenvalue weighted by atomic mass is 16.5. The van der Waals surface area contributed by atoms with Crippen LogP contribution in [0.25, 0.3) is 32.8 Å². The molecule has 5 rings (SSSR count). The van der Waals surface area contributed by atoms with Crippen molar-refractivity contribution < 1.29 is 19.7 Å². The van der Waals surface area contributed by atoms with E-state index in [1.165, 1.54) is 0 Å². The number of para-hydroxylation sites is 1. The fourth-order valence-electron chi connectivity index (χ4n) is 4.61. The Morgan fingerprint density at radius 2 is 1.71 bits per heavy atom. The van der Waals surface area contributed by atoms with Crippen LogP contribution in [-0.4, -0.2) is 27.8 Å². The van der Waals surface area contributed by atoms with Crippen LogP contribution >= 0.6 is 0 Å². The Balaban J connectivity index is 1.41. The lowest BCUT2D eigenvalue weighted by Crippen LogP contribution is -2.04. The monoisotopic (exact) mass is 451 g/mol. The number of ether oxygens (including phenoxy) is 1. The third-order valence-corrected chi connectivity index (χ3v) is 6.24. The van der Waals surface area contributed by atoms with E-state index in [9.17, 15) is 15.0 Å². The van der Waals surface area contributed by atoms with Gasteiger partial charge in [-0.1, -0.05) is 54.6 Å². The van der Waals surface area contributed by atoms with E-state index >= 15 is 0 Å². The third kappa shape index (κ3) is 3.97. The first kappa shape index (κ1) is 21.6. The Bertz CT molecular complexity index is 1520. The molecule has 0 fully saturated rings. The number of aromatic amines is 1. The Morgan fingerprint density at radius 1 is 0.912 bits per heavy atom. The summed E-state index contributed by atoms with van der Waals surface area (Å²) in [6.45, 7) is 2.51. The summed E-state index contributed by atoms with van der Waals surface area (Å²) in [6.07, 6.45) is 1.24. The largest absolute Gasteiger partial charge is 0.508 e. The van der Waals surface area contributed by atoms with E-state index in [4.69, 9.17) is 4.74 Å². The molecule has 1 heterocycles. The van der Waals surface area contributed by atoms with Gasteiger partial charge in [0.25, 0.3) is 0 Å². The molecular weight excluding hydrogens is 426 g/mol. The lowest BCUT2D eigenvalue weighted by molar-refractivity contribution is 0.0690. The minimum absolute atomic E-state index is 0.218. The summed E-state index contributed by atoms with van der Waals surface area (Å²) in [6, 6.07) is 25.0. The number of aromatic nitrogens is 1. The summed E-state index contributed by atoms with van der Waals surface area (Å²) in [4.78, 5) is 15.2. The zero-order valence-electron chi connectivity index (χ0n) is 18.8. The van der Waals surface area contributed by atoms with Crippen LogP contribution in [0.2, 0.25) is 0 Å². The van der Waals surface area contributed by atoms with Crippen molar-refractivity contribution in [1.29, 1.82) is 0 Å². The standard InChI is InChI=1S/C29H25NO4/c1-18-7-2-3-9-21(18)23-10-5-11-24-25(28(29(32)33)30-27(23)24)12-6-16-34-26-13-4-8-19-17-20(31)14-15-22(19)26/h2-5,7-11,13-15,17,30-31H,6,12,16H2,1H3,(H,32,33). The number of nitrogens with one attached hydrogen (secondary N) is 1. The second kappa shape index (κ2) is 8.94. The van der Waals surface area contributed by atoms with Gasteiger partial charge in [0.15, 0.2) is 0 Å². The summed E-state index contributed by atoms with van der Waals surface area (Å²) in [5.74, 6) is 0.00342.